The summed E-state index contributed by atoms with van der Waals surface area (Å²) in [5.41, 5.74) is 1.99. The van der Waals surface area contributed by atoms with Crippen molar-refractivity contribution in [1.82, 2.24) is 10.3 Å². The van der Waals surface area contributed by atoms with Crippen molar-refractivity contribution >= 4 is 16.9 Å². The summed E-state index contributed by atoms with van der Waals surface area (Å²) in [4.78, 5) is 14.0. The van der Waals surface area contributed by atoms with Gasteiger partial charge in [0.2, 0.25) is 0 Å². The first-order valence-electron chi connectivity index (χ1n) is 4.71. The third-order valence-electron chi connectivity index (χ3n) is 2.31. The SMILES string of the molecule is CNCc1cc2cccc(C(=O)O)c2[nH]1. The number of hydrogen-bond acceptors (Lipinski definition) is 2. The van der Waals surface area contributed by atoms with Crippen LogP contribution in [-0.4, -0.2) is 23.1 Å². The maximum absolute atomic E-state index is 10.9. The van der Waals surface area contributed by atoms with Crippen molar-refractivity contribution in [1.29, 1.82) is 0 Å². The third-order valence-corrected chi connectivity index (χ3v) is 2.31. The average molecular weight is 204 g/mol. The van der Waals surface area contributed by atoms with Crippen LogP contribution < -0.4 is 5.32 Å². The summed E-state index contributed by atoms with van der Waals surface area (Å²) in [6.07, 6.45) is 0. The highest BCUT2D eigenvalue weighted by molar-refractivity contribution is 6.02. The van der Waals surface area contributed by atoms with Crippen LogP contribution in [0.2, 0.25) is 0 Å². The fourth-order valence-electron chi connectivity index (χ4n) is 1.68. The molecule has 0 aliphatic carbocycles. The van der Waals surface area contributed by atoms with Crippen LogP contribution >= 0.6 is 0 Å². The number of para-hydroxylation sites is 1. The molecule has 0 radical (unpaired) electrons. The van der Waals surface area contributed by atoms with Gasteiger partial charge in [0.15, 0.2) is 0 Å². The Morgan fingerprint density at radius 2 is 2.33 bits per heavy atom. The number of benzene rings is 1. The van der Waals surface area contributed by atoms with E-state index in [1.165, 1.54) is 0 Å². The van der Waals surface area contributed by atoms with Gasteiger partial charge in [-0.3, -0.25) is 0 Å². The normalized spacial score (nSPS) is 10.7. The van der Waals surface area contributed by atoms with Crippen LogP contribution in [0.1, 0.15) is 16.1 Å². The third kappa shape index (κ3) is 1.71. The second-order valence-electron chi connectivity index (χ2n) is 3.40. The molecule has 1 heterocycles. The first kappa shape index (κ1) is 9.73. The second-order valence-corrected chi connectivity index (χ2v) is 3.40. The van der Waals surface area contributed by atoms with E-state index in [1.807, 2.05) is 19.2 Å². The zero-order chi connectivity index (χ0) is 10.8. The number of nitrogens with one attached hydrogen (secondary N) is 2. The smallest absolute Gasteiger partial charge is 0.337 e. The van der Waals surface area contributed by atoms with Crippen molar-refractivity contribution in [2.75, 3.05) is 7.05 Å². The zero-order valence-electron chi connectivity index (χ0n) is 8.37. The van der Waals surface area contributed by atoms with Crippen molar-refractivity contribution in [2.45, 2.75) is 6.54 Å². The molecule has 0 aliphatic heterocycles. The highest BCUT2D eigenvalue weighted by Gasteiger charge is 2.09. The first-order valence-corrected chi connectivity index (χ1v) is 4.71. The summed E-state index contributed by atoms with van der Waals surface area (Å²) < 4.78 is 0. The van der Waals surface area contributed by atoms with Gasteiger partial charge in [0.25, 0.3) is 0 Å². The van der Waals surface area contributed by atoms with Crippen LogP contribution in [0, 0.1) is 0 Å². The lowest BCUT2D eigenvalue weighted by molar-refractivity contribution is 0.0699. The Morgan fingerprint density at radius 3 is 3.00 bits per heavy atom. The number of aromatic nitrogens is 1. The lowest BCUT2D eigenvalue weighted by Gasteiger charge is -1.96. The Morgan fingerprint density at radius 1 is 1.53 bits per heavy atom. The molecule has 0 atom stereocenters. The Labute approximate surface area is 86.9 Å². The van der Waals surface area contributed by atoms with Crippen LogP contribution in [0.5, 0.6) is 0 Å². The number of hydrogen-bond donors (Lipinski definition) is 3. The Bertz CT molecular complexity index is 502. The molecule has 0 bridgehead atoms. The minimum absolute atomic E-state index is 0.315. The van der Waals surface area contributed by atoms with Crippen LogP contribution in [0.25, 0.3) is 10.9 Å². The number of H-pyrrole nitrogens is 1. The standard InChI is InChI=1S/C11H12N2O2/c1-12-6-8-5-7-3-2-4-9(11(14)15)10(7)13-8/h2-5,12-13H,6H2,1H3,(H,14,15). The number of fused-ring (bicyclic) bond motifs is 1. The number of rotatable bonds is 3. The van der Waals surface area contributed by atoms with Gasteiger partial charge in [-0.05, 0) is 19.2 Å². The molecule has 15 heavy (non-hydrogen) atoms. The topological polar surface area (TPSA) is 65.1 Å². The van der Waals surface area contributed by atoms with E-state index >= 15 is 0 Å². The van der Waals surface area contributed by atoms with E-state index in [-0.39, 0.29) is 0 Å². The number of carboxylic acid groups (broad SMARTS) is 1. The predicted molar refractivity (Wildman–Crippen MR) is 58.0 cm³/mol. The van der Waals surface area contributed by atoms with Crippen molar-refractivity contribution in [3.8, 4) is 0 Å². The van der Waals surface area contributed by atoms with Gasteiger partial charge in [-0.2, -0.15) is 0 Å². The van der Waals surface area contributed by atoms with E-state index in [0.29, 0.717) is 17.6 Å². The molecule has 2 aromatic rings. The molecule has 0 unspecified atom stereocenters. The minimum atomic E-state index is -0.904. The molecule has 0 aliphatic rings. The summed E-state index contributed by atoms with van der Waals surface area (Å²) in [6.45, 7) is 0.702. The summed E-state index contributed by atoms with van der Waals surface area (Å²) in [7, 11) is 1.85. The molecule has 0 saturated carbocycles. The summed E-state index contributed by atoms with van der Waals surface area (Å²) >= 11 is 0. The fraction of sp³-hybridized carbons (Fsp3) is 0.182. The molecule has 3 N–H and O–H groups in total. The summed E-state index contributed by atoms with van der Waals surface area (Å²) in [6, 6.07) is 7.21. The van der Waals surface area contributed by atoms with E-state index in [9.17, 15) is 4.79 Å². The molecule has 1 aromatic carbocycles. The lowest BCUT2D eigenvalue weighted by Crippen LogP contribution is -2.05. The second kappa shape index (κ2) is 3.74. The maximum atomic E-state index is 10.9. The lowest BCUT2D eigenvalue weighted by atomic mass is 10.1. The van der Waals surface area contributed by atoms with Gasteiger partial charge in [-0.1, -0.05) is 12.1 Å². The minimum Gasteiger partial charge on any atom is -0.478 e. The van der Waals surface area contributed by atoms with Crippen molar-refractivity contribution < 1.29 is 9.90 Å². The molecule has 1 aromatic heterocycles. The molecule has 0 fully saturated rings. The largest absolute Gasteiger partial charge is 0.478 e. The molecule has 78 valence electrons. The van der Waals surface area contributed by atoms with Gasteiger partial charge in [0.05, 0.1) is 11.1 Å². The molecule has 4 heteroatoms. The summed E-state index contributed by atoms with van der Waals surface area (Å²) in [5, 5.41) is 12.9. The van der Waals surface area contributed by atoms with Crippen molar-refractivity contribution in [3.05, 3.63) is 35.5 Å². The number of carbonyl (C=O) groups is 1. The molecular formula is C11H12N2O2. The number of aromatic amines is 1. The van der Waals surface area contributed by atoms with E-state index in [1.54, 1.807) is 12.1 Å². The quantitative estimate of drug-likeness (QED) is 0.711. The Hall–Kier alpha value is -1.81. The van der Waals surface area contributed by atoms with Crippen LogP contribution in [0.15, 0.2) is 24.3 Å². The van der Waals surface area contributed by atoms with Gasteiger partial charge in [0, 0.05) is 17.6 Å². The van der Waals surface area contributed by atoms with E-state index in [4.69, 9.17) is 5.11 Å². The first-order chi connectivity index (χ1) is 7.22. The monoisotopic (exact) mass is 204 g/mol. The van der Waals surface area contributed by atoms with Gasteiger partial charge < -0.3 is 15.4 Å². The van der Waals surface area contributed by atoms with Crippen LogP contribution in [-0.2, 0) is 6.54 Å². The molecule has 2 rings (SSSR count). The van der Waals surface area contributed by atoms with Gasteiger partial charge in [0.1, 0.15) is 0 Å². The number of carboxylic acids is 1. The fourth-order valence-corrected chi connectivity index (χ4v) is 1.68. The van der Waals surface area contributed by atoms with Crippen molar-refractivity contribution in [2.24, 2.45) is 0 Å². The van der Waals surface area contributed by atoms with E-state index < -0.39 is 5.97 Å². The Balaban J connectivity index is 2.59. The average Bonchev–Trinajstić information content (AvgIpc) is 2.59. The van der Waals surface area contributed by atoms with E-state index in [2.05, 4.69) is 10.3 Å². The molecule has 4 nitrogen and oxygen atoms in total. The summed E-state index contributed by atoms with van der Waals surface area (Å²) in [5.74, 6) is -0.904. The zero-order valence-corrected chi connectivity index (χ0v) is 8.37. The molecule has 0 amide bonds. The van der Waals surface area contributed by atoms with Gasteiger partial charge in [-0.25, -0.2) is 4.79 Å². The highest BCUT2D eigenvalue weighted by Crippen LogP contribution is 2.19. The molecule has 0 spiro atoms. The van der Waals surface area contributed by atoms with Gasteiger partial charge >= 0.3 is 5.97 Å². The maximum Gasteiger partial charge on any atom is 0.337 e. The van der Waals surface area contributed by atoms with Crippen LogP contribution in [0.3, 0.4) is 0 Å². The highest BCUT2D eigenvalue weighted by atomic mass is 16.4. The molecule has 0 saturated heterocycles. The van der Waals surface area contributed by atoms with E-state index in [0.717, 1.165) is 11.1 Å². The Kier molecular flexibility index (Phi) is 2.43. The van der Waals surface area contributed by atoms with Crippen LogP contribution in [0.4, 0.5) is 0 Å². The van der Waals surface area contributed by atoms with Gasteiger partial charge in [-0.15, -0.1) is 0 Å². The molecular weight excluding hydrogens is 192 g/mol. The number of aromatic carboxylic acids is 1. The predicted octanol–water partition coefficient (Wildman–Crippen LogP) is 1.59. The van der Waals surface area contributed by atoms with Crippen molar-refractivity contribution in [3.63, 3.8) is 0 Å².